The highest BCUT2D eigenvalue weighted by atomic mass is 35.5. The molecule has 0 unspecified atom stereocenters. The SMILES string of the molecule is CCOC(=O)Cc1nc(C(F)(F)F)c(C(F)F)cc1Cl. The zero-order valence-corrected chi connectivity index (χ0v) is 10.9. The molecule has 0 fully saturated rings. The molecule has 0 spiro atoms. The first-order chi connectivity index (χ1) is 9.16. The van der Waals surface area contributed by atoms with Crippen molar-refractivity contribution in [1.82, 2.24) is 4.98 Å². The number of hydrogen-bond donors (Lipinski definition) is 0. The van der Waals surface area contributed by atoms with Crippen LogP contribution in [0.5, 0.6) is 0 Å². The van der Waals surface area contributed by atoms with Crippen molar-refractivity contribution < 1.29 is 31.5 Å². The maximum atomic E-state index is 12.7. The molecule has 0 aliphatic heterocycles. The highest BCUT2D eigenvalue weighted by molar-refractivity contribution is 6.31. The van der Waals surface area contributed by atoms with E-state index < -0.39 is 47.0 Å². The zero-order chi connectivity index (χ0) is 15.5. The molecule has 112 valence electrons. The smallest absolute Gasteiger partial charge is 0.433 e. The second kappa shape index (κ2) is 6.34. The molecule has 0 aromatic carbocycles. The molecular weight excluding hydrogens is 309 g/mol. The fourth-order valence-corrected chi connectivity index (χ4v) is 1.63. The molecule has 0 saturated carbocycles. The van der Waals surface area contributed by atoms with E-state index >= 15 is 0 Å². The van der Waals surface area contributed by atoms with Gasteiger partial charge in [-0.25, -0.2) is 13.8 Å². The minimum Gasteiger partial charge on any atom is -0.466 e. The van der Waals surface area contributed by atoms with E-state index in [0.717, 1.165) is 0 Å². The number of nitrogens with zero attached hydrogens (tertiary/aromatic N) is 1. The van der Waals surface area contributed by atoms with Gasteiger partial charge in [-0.05, 0) is 13.0 Å². The second-order valence-corrected chi connectivity index (χ2v) is 4.04. The quantitative estimate of drug-likeness (QED) is 0.626. The molecule has 0 atom stereocenters. The molecule has 1 aromatic rings. The van der Waals surface area contributed by atoms with Crippen LogP contribution in [0.2, 0.25) is 5.02 Å². The van der Waals surface area contributed by atoms with Gasteiger partial charge in [0.15, 0.2) is 5.69 Å². The van der Waals surface area contributed by atoms with Gasteiger partial charge in [0.2, 0.25) is 0 Å². The van der Waals surface area contributed by atoms with Gasteiger partial charge < -0.3 is 4.74 Å². The van der Waals surface area contributed by atoms with Crippen molar-refractivity contribution in [2.24, 2.45) is 0 Å². The van der Waals surface area contributed by atoms with Crippen LogP contribution < -0.4 is 0 Å². The lowest BCUT2D eigenvalue weighted by molar-refractivity contribution is -0.145. The van der Waals surface area contributed by atoms with Crippen LogP contribution in [0.3, 0.4) is 0 Å². The van der Waals surface area contributed by atoms with Gasteiger partial charge in [-0.1, -0.05) is 11.6 Å². The van der Waals surface area contributed by atoms with Crippen LogP contribution in [0.15, 0.2) is 6.07 Å². The maximum Gasteiger partial charge on any atom is 0.433 e. The Bertz CT molecular complexity index is 504. The Balaban J connectivity index is 3.25. The number of hydrogen-bond acceptors (Lipinski definition) is 3. The summed E-state index contributed by atoms with van der Waals surface area (Å²) in [4.78, 5) is 14.2. The van der Waals surface area contributed by atoms with Crippen LogP contribution in [0.1, 0.15) is 30.3 Å². The average Bonchev–Trinajstić information content (AvgIpc) is 2.29. The second-order valence-electron chi connectivity index (χ2n) is 3.63. The highest BCUT2D eigenvalue weighted by Gasteiger charge is 2.38. The third kappa shape index (κ3) is 4.03. The Morgan fingerprint density at radius 2 is 2.05 bits per heavy atom. The van der Waals surface area contributed by atoms with Crippen molar-refractivity contribution in [1.29, 1.82) is 0 Å². The summed E-state index contributed by atoms with van der Waals surface area (Å²) >= 11 is 5.57. The molecular formula is C11H9ClF5NO2. The minimum absolute atomic E-state index is 0.0255. The average molecular weight is 318 g/mol. The third-order valence-electron chi connectivity index (χ3n) is 2.20. The van der Waals surface area contributed by atoms with Gasteiger partial charge in [0.25, 0.3) is 6.43 Å². The largest absolute Gasteiger partial charge is 0.466 e. The van der Waals surface area contributed by atoms with Crippen LogP contribution in [0.25, 0.3) is 0 Å². The van der Waals surface area contributed by atoms with E-state index in [-0.39, 0.29) is 6.61 Å². The Kier molecular flexibility index (Phi) is 5.27. The van der Waals surface area contributed by atoms with E-state index in [0.29, 0.717) is 6.07 Å². The van der Waals surface area contributed by atoms with Crippen LogP contribution in [0, 0.1) is 0 Å². The Hall–Kier alpha value is -1.44. The fraction of sp³-hybridized carbons (Fsp3) is 0.455. The lowest BCUT2D eigenvalue weighted by Crippen LogP contribution is -2.16. The molecule has 20 heavy (non-hydrogen) atoms. The van der Waals surface area contributed by atoms with E-state index in [1.54, 1.807) is 0 Å². The molecule has 1 aromatic heterocycles. The Morgan fingerprint density at radius 3 is 2.50 bits per heavy atom. The Labute approximate surface area is 115 Å². The predicted molar refractivity (Wildman–Crippen MR) is 59.5 cm³/mol. The number of ether oxygens (including phenoxy) is 1. The number of aromatic nitrogens is 1. The highest BCUT2D eigenvalue weighted by Crippen LogP contribution is 2.37. The molecule has 0 aliphatic rings. The van der Waals surface area contributed by atoms with E-state index in [1.807, 2.05) is 0 Å². The number of esters is 1. The number of alkyl halides is 5. The van der Waals surface area contributed by atoms with Crippen molar-refractivity contribution in [3.8, 4) is 0 Å². The number of carbonyl (C=O) groups excluding carboxylic acids is 1. The van der Waals surface area contributed by atoms with Crippen molar-refractivity contribution in [2.75, 3.05) is 6.61 Å². The molecule has 9 heteroatoms. The third-order valence-corrected chi connectivity index (χ3v) is 2.53. The van der Waals surface area contributed by atoms with Crippen LogP contribution >= 0.6 is 11.6 Å². The van der Waals surface area contributed by atoms with Gasteiger partial charge in [-0.2, -0.15) is 13.2 Å². The first kappa shape index (κ1) is 16.6. The van der Waals surface area contributed by atoms with Gasteiger partial charge in [0.1, 0.15) is 0 Å². The maximum absolute atomic E-state index is 12.7. The summed E-state index contributed by atoms with van der Waals surface area (Å²) in [6.45, 7) is 1.53. The molecule has 1 heterocycles. The summed E-state index contributed by atoms with van der Waals surface area (Å²) in [5, 5.41) is -0.443. The number of carbonyl (C=O) groups is 1. The summed E-state index contributed by atoms with van der Waals surface area (Å²) < 4.78 is 67.6. The van der Waals surface area contributed by atoms with Crippen LogP contribution in [0.4, 0.5) is 22.0 Å². The van der Waals surface area contributed by atoms with Crippen molar-refractivity contribution in [3.05, 3.63) is 28.0 Å². The molecule has 0 saturated heterocycles. The fourth-order valence-electron chi connectivity index (χ4n) is 1.41. The zero-order valence-electron chi connectivity index (χ0n) is 10.1. The van der Waals surface area contributed by atoms with E-state index in [4.69, 9.17) is 11.6 Å². The first-order valence-corrected chi connectivity index (χ1v) is 5.74. The standard InChI is InChI=1S/C11H9ClF5NO2/c1-2-20-8(19)4-7-6(12)3-5(10(13)14)9(18-7)11(15,16)17/h3,10H,2,4H2,1H3. The molecule has 0 amide bonds. The summed E-state index contributed by atoms with van der Waals surface area (Å²) in [7, 11) is 0. The summed E-state index contributed by atoms with van der Waals surface area (Å²) in [6.07, 6.45) is -9.08. The van der Waals surface area contributed by atoms with E-state index in [1.165, 1.54) is 6.92 Å². The molecule has 0 N–H and O–H groups in total. The number of pyridine rings is 1. The van der Waals surface area contributed by atoms with Gasteiger partial charge >= 0.3 is 12.1 Å². The van der Waals surface area contributed by atoms with Gasteiger partial charge in [0, 0.05) is 0 Å². The lowest BCUT2D eigenvalue weighted by atomic mass is 10.1. The predicted octanol–water partition coefficient (Wildman–Crippen LogP) is 3.80. The minimum atomic E-state index is -5.07. The molecule has 0 aliphatic carbocycles. The number of halogens is 6. The van der Waals surface area contributed by atoms with Crippen molar-refractivity contribution >= 4 is 17.6 Å². The van der Waals surface area contributed by atoms with E-state index in [2.05, 4.69) is 9.72 Å². The van der Waals surface area contributed by atoms with Gasteiger partial charge in [0.05, 0.1) is 29.3 Å². The van der Waals surface area contributed by atoms with Crippen molar-refractivity contribution in [2.45, 2.75) is 25.9 Å². The van der Waals surface area contributed by atoms with Gasteiger partial charge in [-0.15, -0.1) is 0 Å². The molecule has 0 bridgehead atoms. The Morgan fingerprint density at radius 1 is 1.45 bits per heavy atom. The lowest BCUT2D eigenvalue weighted by Gasteiger charge is -2.14. The number of rotatable bonds is 4. The van der Waals surface area contributed by atoms with Crippen LogP contribution in [-0.4, -0.2) is 17.6 Å². The summed E-state index contributed by atoms with van der Waals surface area (Å²) in [6, 6.07) is 0.469. The molecule has 1 rings (SSSR count). The topological polar surface area (TPSA) is 39.2 Å². The first-order valence-electron chi connectivity index (χ1n) is 5.37. The van der Waals surface area contributed by atoms with Gasteiger partial charge in [-0.3, -0.25) is 4.79 Å². The summed E-state index contributed by atoms with van der Waals surface area (Å²) in [5.74, 6) is -0.847. The summed E-state index contributed by atoms with van der Waals surface area (Å²) in [5.41, 5.74) is -3.53. The van der Waals surface area contributed by atoms with Crippen molar-refractivity contribution in [3.63, 3.8) is 0 Å². The molecule has 3 nitrogen and oxygen atoms in total. The normalized spacial score (nSPS) is 11.8. The van der Waals surface area contributed by atoms with Crippen LogP contribution in [-0.2, 0) is 22.1 Å². The van der Waals surface area contributed by atoms with E-state index in [9.17, 15) is 26.7 Å². The monoisotopic (exact) mass is 317 g/mol. The molecule has 0 radical (unpaired) electrons.